The second-order valence-corrected chi connectivity index (χ2v) is 7.78. The zero-order chi connectivity index (χ0) is 20.5. The van der Waals surface area contributed by atoms with Gasteiger partial charge in [0.15, 0.2) is 0 Å². The number of aliphatic hydroxyl groups is 1. The lowest BCUT2D eigenvalue weighted by atomic mass is 9.82. The maximum absolute atomic E-state index is 13.1. The van der Waals surface area contributed by atoms with E-state index in [4.69, 9.17) is 0 Å². The van der Waals surface area contributed by atoms with Crippen molar-refractivity contribution in [2.75, 3.05) is 13.1 Å². The van der Waals surface area contributed by atoms with Crippen molar-refractivity contribution in [1.82, 2.24) is 25.1 Å². The van der Waals surface area contributed by atoms with E-state index >= 15 is 0 Å². The molecule has 0 aromatic carbocycles. The van der Waals surface area contributed by atoms with E-state index < -0.39 is 23.6 Å². The summed E-state index contributed by atoms with van der Waals surface area (Å²) in [5.41, 5.74) is -0.864. The Balaban J connectivity index is 1.70. The van der Waals surface area contributed by atoms with Crippen LogP contribution in [0.2, 0.25) is 0 Å². The average molecular weight is 389 g/mol. The van der Waals surface area contributed by atoms with Crippen LogP contribution in [0.1, 0.15) is 39.4 Å². The van der Waals surface area contributed by atoms with Crippen molar-refractivity contribution in [3.63, 3.8) is 0 Å². The van der Waals surface area contributed by atoms with Crippen LogP contribution >= 0.6 is 0 Å². The number of aliphatic hydroxyl groups excluding tert-OH is 1. The first-order valence-corrected chi connectivity index (χ1v) is 9.62. The maximum atomic E-state index is 13.1. The van der Waals surface area contributed by atoms with Gasteiger partial charge < -0.3 is 20.2 Å². The molecule has 2 aliphatic heterocycles. The third-order valence-corrected chi connectivity index (χ3v) is 5.44. The molecular formula is C19H27N5O4. The molecule has 0 radical (unpaired) electrons. The Bertz CT molecular complexity index is 754. The molecule has 2 aliphatic rings. The fraction of sp³-hybridized carbons (Fsp3) is 0.632. The minimum atomic E-state index is -1.05. The van der Waals surface area contributed by atoms with Crippen molar-refractivity contribution in [3.8, 4) is 0 Å². The number of hydrogen-bond donors (Lipinski definition) is 2. The summed E-state index contributed by atoms with van der Waals surface area (Å²) in [5, 5.41) is 12.8. The van der Waals surface area contributed by atoms with Gasteiger partial charge in [0.25, 0.3) is 5.91 Å². The first-order valence-electron chi connectivity index (χ1n) is 9.62. The van der Waals surface area contributed by atoms with Crippen molar-refractivity contribution in [2.24, 2.45) is 5.92 Å². The Morgan fingerprint density at radius 2 is 1.96 bits per heavy atom. The summed E-state index contributed by atoms with van der Waals surface area (Å²) >= 11 is 0. The van der Waals surface area contributed by atoms with Crippen molar-refractivity contribution < 1.29 is 19.5 Å². The second-order valence-electron chi connectivity index (χ2n) is 7.78. The zero-order valence-electron chi connectivity index (χ0n) is 16.5. The molecule has 1 spiro atoms. The summed E-state index contributed by atoms with van der Waals surface area (Å²) in [6, 6.07) is 0.659. The third kappa shape index (κ3) is 3.46. The predicted octanol–water partition coefficient (Wildman–Crippen LogP) is -0.298. The van der Waals surface area contributed by atoms with Gasteiger partial charge >= 0.3 is 0 Å². The molecule has 3 amide bonds. The van der Waals surface area contributed by atoms with E-state index in [-0.39, 0.29) is 30.8 Å². The van der Waals surface area contributed by atoms with Crippen LogP contribution in [-0.4, -0.2) is 73.4 Å². The Hall–Kier alpha value is -2.55. The molecule has 9 heteroatoms. The van der Waals surface area contributed by atoms with Crippen LogP contribution in [0.15, 0.2) is 18.5 Å². The first kappa shape index (κ1) is 20.2. The standard InChI is InChI=1S/C19H27N5O4/c1-12(2)17(27)24-9-4-6-19(24)11-23(18(19)28)15(13(3)25)16(26)22-10-14-20-7-5-8-21-14/h5,7-8,12-13,15,25H,4,6,9-11H2,1-3H3,(H,22,26)/t13-,15-,19?/m0/s1. The van der Waals surface area contributed by atoms with E-state index in [0.29, 0.717) is 18.8 Å². The van der Waals surface area contributed by atoms with Gasteiger partial charge in [0.1, 0.15) is 17.4 Å². The quantitative estimate of drug-likeness (QED) is 0.646. The number of β-lactam (4-membered cyclic amide) rings is 1. The molecule has 2 saturated heterocycles. The molecule has 0 bridgehead atoms. The molecule has 28 heavy (non-hydrogen) atoms. The van der Waals surface area contributed by atoms with E-state index in [1.54, 1.807) is 23.4 Å². The molecule has 0 aliphatic carbocycles. The van der Waals surface area contributed by atoms with E-state index in [1.165, 1.54) is 11.8 Å². The molecule has 2 fully saturated rings. The molecular weight excluding hydrogens is 362 g/mol. The topological polar surface area (TPSA) is 116 Å². The maximum Gasteiger partial charge on any atom is 0.251 e. The Morgan fingerprint density at radius 1 is 1.29 bits per heavy atom. The fourth-order valence-electron chi connectivity index (χ4n) is 4.03. The van der Waals surface area contributed by atoms with Crippen LogP contribution in [0, 0.1) is 5.92 Å². The number of rotatable bonds is 6. The highest BCUT2D eigenvalue weighted by Gasteiger charge is 2.62. The van der Waals surface area contributed by atoms with E-state index in [1.807, 2.05) is 13.8 Å². The highest BCUT2D eigenvalue weighted by Crippen LogP contribution is 2.41. The van der Waals surface area contributed by atoms with Gasteiger partial charge in [0.05, 0.1) is 19.2 Å². The molecule has 3 atom stereocenters. The minimum Gasteiger partial charge on any atom is -0.391 e. The number of amides is 3. The molecule has 152 valence electrons. The van der Waals surface area contributed by atoms with Gasteiger partial charge in [0, 0.05) is 24.9 Å². The van der Waals surface area contributed by atoms with Gasteiger partial charge in [-0.3, -0.25) is 14.4 Å². The van der Waals surface area contributed by atoms with Crippen LogP contribution in [0.3, 0.4) is 0 Å². The van der Waals surface area contributed by atoms with E-state index in [2.05, 4.69) is 15.3 Å². The number of likely N-dealkylation sites (tertiary alicyclic amines) is 2. The smallest absolute Gasteiger partial charge is 0.251 e. The van der Waals surface area contributed by atoms with Crippen LogP contribution < -0.4 is 5.32 Å². The minimum absolute atomic E-state index is 0.0511. The number of hydrogen-bond acceptors (Lipinski definition) is 6. The fourth-order valence-corrected chi connectivity index (χ4v) is 4.03. The largest absolute Gasteiger partial charge is 0.391 e. The number of nitrogens with zero attached hydrogens (tertiary/aromatic N) is 4. The summed E-state index contributed by atoms with van der Waals surface area (Å²) in [7, 11) is 0. The van der Waals surface area contributed by atoms with Gasteiger partial charge in [-0.2, -0.15) is 0 Å². The van der Waals surface area contributed by atoms with Crippen molar-refractivity contribution in [3.05, 3.63) is 24.3 Å². The van der Waals surface area contributed by atoms with Crippen molar-refractivity contribution >= 4 is 17.7 Å². The van der Waals surface area contributed by atoms with Gasteiger partial charge in [-0.1, -0.05) is 13.8 Å². The normalized spacial score (nSPS) is 23.7. The second kappa shape index (κ2) is 7.83. The highest BCUT2D eigenvalue weighted by atomic mass is 16.3. The van der Waals surface area contributed by atoms with Crippen LogP contribution in [0.25, 0.3) is 0 Å². The SMILES string of the molecule is CC(C)C(=O)N1CCCC12CN([C@H](C(=O)NCc1ncccn1)[C@H](C)O)C2=O. The Morgan fingerprint density at radius 3 is 2.54 bits per heavy atom. The summed E-state index contributed by atoms with van der Waals surface area (Å²) in [4.78, 5) is 49.4. The van der Waals surface area contributed by atoms with Crippen LogP contribution in [-0.2, 0) is 20.9 Å². The van der Waals surface area contributed by atoms with Crippen molar-refractivity contribution in [2.45, 2.75) is 57.8 Å². The van der Waals surface area contributed by atoms with Gasteiger partial charge in [-0.15, -0.1) is 0 Å². The molecule has 1 aromatic rings. The number of carbonyl (C=O) groups excluding carboxylic acids is 3. The number of aromatic nitrogens is 2. The summed E-state index contributed by atoms with van der Waals surface area (Å²) in [5.74, 6) is -0.541. The number of carbonyl (C=O) groups is 3. The molecule has 3 heterocycles. The lowest BCUT2D eigenvalue weighted by Gasteiger charge is -2.54. The van der Waals surface area contributed by atoms with Gasteiger partial charge in [-0.05, 0) is 25.8 Å². The number of nitrogens with one attached hydrogen (secondary N) is 1. The predicted molar refractivity (Wildman–Crippen MR) is 99.6 cm³/mol. The molecule has 9 nitrogen and oxygen atoms in total. The van der Waals surface area contributed by atoms with Gasteiger partial charge in [0.2, 0.25) is 11.8 Å². The lowest BCUT2D eigenvalue weighted by molar-refractivity contribution is -0.177. The molecule has 2 N–H and O–H groups in total. The monoisotopic (exact) mass is 389 g/mol. The molecule has 1 aromatic heterocycles. The van der Waals surface area contributed by atoms with Crippen LogP contribution in [0.5, 0.6) is 0 Å². The third-order valence-electron chi connectivity index (χ3n) is 5.44. The van der Waals surface area contributed by atoms with Crippen LogP contribution in [0.4, 0.5) is 0 Å². The van der Waals surface area contributed by atoms with Crippen molar-refractivity contribution in [1.29, 1.82) is 0 Å². The molecule has 1 unspecified atom stereocenters. The summed E-state index contributed by atoms with van der Waals surface area (Å²) < 4.78 is 0. The highest BCUT2D eigenvalue weighted by molar-refractivity contribution is 6.00. The Kier molecular flexibility index (Phi) is 5.64. The first-order chi connectivity index (χ1) is 13.3. The van der Waals surface area contributed by atoms with Gasteiger partial charge in [-0.25, -0.2) is 9.97 Å². The van der Waals surface area contributed by atoms with E-state index in [9.17, 15) is 19.5 Å². The molecule has 3 rings (SSSR count). The lowest BCUT2D eigenvalue weighted by Crippen LogP contribution is -2.77. The zero-order valence-corrected chi connectivity index (χ0v) is 16.5. The summed E-state index contributed by atoms with van der Waals surface area (Å²) in [6.07, 6.45) is 3.45. The summed E-state index contributed by atoms with van der Waals surface area (Å²) in [6.45, 7) is 6.02. The van der Waals surface area contributed by atoms with E-state index in [0.717, 1.165) is 6.42 Å². The average Bonchev–Trinajstić information content (AvgIpc) is 3.12. The molecule has 0 saturated carbocycles. The Labute approximate surface area is 164 Å².